The Kier molecular flexibility index (Phi) is 4.16. The van der Waals surface area contributed by atoms with Gasteiger partial charge in [-0.2, -0.15) is 0 Å². The van der Waals surface area contributed by atoms with Gasteiger partial charge in [0.25, 0.3) is 0 Å². The molecule has 1 aromatic carbocycles. The van der Waals surface area contributed by atoms with Crippen LogP contribution in [0.2, 0.25) is 0 Å². The lowest BCUT2D eigenvalue weighted by Gasteiger charge is -2.58. The SMILES string of the molecule is O=C(O)c1cnc(Cc2ccccc2)cc1NC1[C@@H]2CC3C[C@H]1CC(O)(C3)C2. The second kappa shape index (κ2) is 6.59. The van der Waals surface area contributed by atoms with Gasteiger partial charge in [-0.05, 0) is 61.5 Å². The van der Waals surface area contributed by atoms with E-state index in [0.717, 1.165) is 43.4 Å². The third-order valence-electron chi connectivity index (χ3n) is 6.98. The molecule has 0 radical (unpaired) electrons. The van der Waals surface area contributed by atoms with Crippen LogP contribution in [0, 0.1) is 17.8 Å². The van der Waals surface area contributed by atoms with Gasteiger partial charge in [0.15, 0.2) is 0 Å². The first-order valence-corrected chi connectivity index (χ1v) is 10.2. The number of benzene rings is 1. The monoisotopic (exact) mass is 378 g/mol. The van der Waals surface area contributed by atoms with Gasteiger partial charge in [0, 0.05) is 24.4 Å². The minimum atomic E-state index is -0.955. The third-order valence-corrected chi connectivity index (χ3v) is 6.98. The number of nitrogens with zero attached hydrogens (tertiary/aromatic N) is 1. The molecule has 146 valence electrons. The van der Waals surface area contributed by atoms with Gasteiger partial charge in [0.2, 0.25) is 0 Å². The number of hydrogen-bond acceptors (Lipinski definition) is 4. The van der Waals surface area contributed by atoms with E-state index in [4.69, 9.17) is 0 Å². The van der Waals surface area contributed by atoms with Crippen molar-refractivity contribution in [1.82, 2.24) is 4.98 Å². The summed E-state index contributed by atoms with van der Waals surface area (Å²) < 4.78 is 0. The first-order chi connectivity index (χ1) is 13.5. The number of carboxylic acids is 1. The molecule has 28 heavy (non-hydrogen) atoms. The van der Waals surface area contributed by atoms with Crippen molar-refractivity contribution in [3.8, 4) is 0 Å². The normalized spacial score (nSPS) is 33.0. The van der Waals surface area contributed by atoms with Crippen molar-refractivity contribution in [2.75, 3.05) is 5.32 Å². The van der Waals surface area contributed by atoms with E-state index in [-0.39, 0.29) is 11.6 Å². The Morgan fingerprint density at radius 3 is 2.50 bits per heavy atom. The zero-order chi connectivity index (χ0) is 19.3. The summed E-state index contributed by atoms with van der Waals surface area (Å²) in [6.07, 6.45) is 7.05. The fraction of sp³-hybridized carbons (Fsp3) is 0.478. The second-order valence-electron chi connectivity index (χ2n) is 9.05. The molecule has 5 atom stereocenters. The van der Waals surface area contributed by atoms with Gasteiger partial charge in [0.05, 0.1) is 11.3 Å². The molecule has 5 heteroatoms. The Bertz CT molecular complexity index is 882. The number of hydrogen-bond donors (Lipinski definition) is 3. The van der Waals surface area contributed by atoms with E-state index < -0.39 is 11.6 Å². The topological polar surface area (TPSA) is 82.5 Å². The fourth-order valence-corrected chi connectivity index (χ4v) is 6.09. The summed E-state index contributed by atoms with van der Waals surface area (Å²) in [7, 11) is 0. The summed E-state index contributed by atoms with van der Waals surface area (Å²) in [5.74, 6) is 0.515. The van der Waals surface area contributed by atoms with Crippen molar-refractivity contribution >= 4 is 11.7 Å². The van der Waals surface area contributed by atoms with Crippen molar-refractivity contribution in [3.63, 3.8) is 0 Å². The average Bonchev–Trinajstić information content (AvgIpc) is 2.64. The maximum absolute atomic E-state index is 11.8. The predicted octanol–water partition coefficient (Wildman–Crippen LogP) is 3.72. The highest BCUT2D eigenvalue weighted by Gasteiger charge is 2.54. The molecule has 4 fully saturated rings. The number of carboxylic acid groups (broad SMARTS) is 1. The van der Waals surface area contributed by atoms with Gasteiger partial charge in [-0.15, -0.1) is 0 Å². The molecule has 0 saturated heterocycles. The fourth-order valence-electron chi connectivity index (χ4n) is 6.09. The number of rotatable bonds is 5. The van der Waals surface area contributed by atoms with Crippen LogP contribution in [-0.4, -0.2) is 32.8 Å². The summed E-state index contributed by atoms with van der Waals surface area (Å²) in [6, 6.07) is 12.2. The summed E-state index contributed by atoms with van der Waals surface area (Å²) in [5.41, 5.74) is 2.42. The molecule has 1 heterocycles. The summed E-state index contributed by atoms with van der Waals surface area (Å²) >= 11 is 0. The molecule has 4 saturated carbocycles. The molecule has 0 aliphatic heterocycles. The number of anilines is 1. The molecular weight excluding hydrogens is 352 g/mol. The Hall–Kier alpha value is -2.40. The van der Waals surface area contributed by atoms with E-state index in [1.807, 2.05) is 24.3 Å². The molecule has 5 nitrogen and oxygen atoms in total. The zero-order valence-electron chi connectivity index (χ0n) is 15.8. The highest BCUT2D eigenvalue weighted by molar-refractivity contribution is 5.94. The smallest absolute Gasteiger partial charge is 0.339 e. The van der Waals surface area contributed by atoms with Gasteiger partial charge in [-0.1, -0.05) is 30.3 Å². The summed E-state index contributed by atoms with van der Waals surface area (Å²) in [5, 5.41) is 24.0. The minimum absolute atomic E-state index is 0.226. The van der Waals surface area contributed by atoms with Crippen molar-refractivity contribution < 1.29 is 15.0 Å². The van der Waals surface area contributed by atoms with E-state index in [1.165, 1.54) is 6.20 Å². The van der Waals surface area contributed by atoms with Crippen LogP contribution in [0.5, 0.6) is 0 Å². The molecule has 6 rings (SSSR count). The maximum atomic E-state index is 11.8. The van der Waals surface area contributed by atoms with Crippen LogP contribution >= 0.6 is 0 Å². The van der Waals surface area contributed by atoms with Crippen molar-refractivity contribution in [1.29, 1.82) is 0 Å². The van der Waals surface area contributed by atoms with Crippen LogP contribution in [-0.2, 0) is 6.42 Å². The minimum Gasteiger partial charge on any atom is -0.478 e. The second-order valence-corrected chi connectivity index (χ2v) is 9.05. The van der Waals surface area contributed by atoms with Gasteiger partial charge in [0.1, 0.15) is 5.56 Å². The maximum Gasteiger partial charge on any atom is 0.339 e. The first kappa shape index (κ1) is 17.7. The van der Waals surface area contributed by atoms with Crippen LogP contribution in [0.25, 0.3) is 0 Å². The van der Waals surface area contributed by atoms with E-state index in [2.05, 4.69) is 22.4 Å². The number of aromatic nitrogens is 1. The molecule has 3 unspecified atom stereocenters. The summed E-state index contributed by atoms with van der Waals surface area (Å²) in [6.45, 7) is 0. The van der Waals surface area contributed by atoms with E-state index in [1.54, 1.807) is 0 Å². The number of aliphatic hydroxyl groups is 1. The van der Waals surface area contributed by atoms with Crippen LogP contribution in [0.4, 0.5) is 5.69 Å². The Labute approximate surface area is 164 Å². The van der Waals surface area contributed by atoms with E-state index in [9.17, 15) is 15.0 Å². The lowest BCUT2D eigenvalue weighted by Crippen LogP contribution is -2.59. The van der Waals surface area contributed by atoms with Gasteiger partial charge in [-0.25, -0.2) is 4.79 Å². The van der Waals surface area contributed by atoms with Crippen LogP contribution < -0.4 is 5.32 Å². The molecule has 0 amide bonds. The lowest BCUT2D eigenvalue weighted by atomic mass is 9.52. The molecule has 3 N–H and O–H groups in total. The lowest BCUT2D eigenvalue weighted by molar-refractivity contribution is -0.129. The zero-order valence-corrected chi connectivity index (χ0v) is 15.8. The molecule has 4 aliphatic rings. The quantitative estimate of drug-likeness (QED) is 0.739. The van der Waals surface area contributed by atoms with Crippen LogP contribution in [0.3, 0.4) is 0 Å². The molecular formula is C23H26N2O3. The molecule has 4 aliphatic carbocycles. The Morgan fingerprint density at radius 1 is 1.14 bits per heavy atom. The number of aromatic carboxylic acids is 1. The molecule has 1 aromatic heterocycles. The first-order valence-electron chi connectivity index (χ1n) is 10.2. The van der Waals surface area contributed by atoms with Gasteiger partial charge in [-0.3, -0.25) is 4.98 Å². The molecule has 4 bridgehead atoms. The molecule has 2 aromatic rings. The average molecular weight is 378 g/mol. The van der Waals surface area contributed by atoms with Crippen molar-refractivity contribution in [3.05, 3.63) is 59.4 Å². The Morgan fingerprint density at radius 2 is 1.86 bits per heavy atom. The highest BCUT2D eigenvalue weighted by atomic mass is 16.4. The van der Waals surface area contributed by atoms with Gasteiger partial charge < -0.3 is 15.5 Å². The van der Waals surface area contributed by atoms with E-state index >= 15 is 0 Å². The highest BCUT2D eigenvalue weighted by Crippen LogP contribution is 2.56. The predicted molar refractivity (Wildman–Crippen MR) is 106 cm³/mol. The van der Waals surface area contributed by atoms with E-state index in [0.29, 0.717) is 29.9 Å². The summed E-state index contributed by atoms with van der Waals surface area (Å²) in [4.78, 5) is 16.2. The standard InChI is InChI=1S/C23H26N2O3/c26-22(27)19-13-24-18(8-14-4-2-1-3-5-14)9-20(19)25-21-16-6-15-7-17(21)12-23(28,10-15)11-16/h1-5,9,13,15-17,21,28H,6-8,10-12H2,(H,24,25)(H,26,27)/t15?,16-,17+,21?,23?. The largest absolute Gasteiger partial charge is 0.478 e. The van der Waals surface area contributed by atoms with Crippen molar-refractivity contribution in [2.45, 2.75) is 50.2 Å². The van der Waals surface area contributed by atoms with Crippen LogP contribution in [0.1, 0.15) is 53.7 Å². The number of nitrogens with one attached hydrogen (secondary N) is 1. The van der Waals surface area contributed by atoms with Gasteiger partial charge >= 0.3 is 5.97 Å². The molecule has 0 spiro atoms. The Balaban J connectivity index is 1.42. The van der Waals surface area contributed by atoms with Crippen LogP contribution in [0.15, 0.2) is 42.6 Å². The third kappa shape index (κ3) is 3.18. The van der Waals surface area contributed by atoms with Crippen molar-refractivity contribution in [2.24, 2.45) is 17.8 Å². The number of pyridine rings is 1. The number of carbonyl (C=O) groups is 1.